The van der Waals surface area contributed by atoms with E-state index in [0.29, 0.717) is 24.7 Å². The van der Waals surface area contributed by atoms with Crippen molar-refractivity contribution in [2.45, 2.75) is 0 Å². The van der Waals surface area contributed by atoms with Crippen molar-refractivity contribution in [2.75, 3.05) is 39.4 Å². The number of nitrogens with zero attached hydrogens (tertiary/aromatic N) is 5. The van der Waals surface area contributed by atoms with Gasteiger partial charge in [-0.25, -0.2) is 4.98 Å². The molecule has 0 fully saturated rings. The Morgan fingerprint density at radius 3 is 2.29 bits per heavy atom. The highest BCUT2D eigenvalue weighted by Crippen LogP contribution is 2.33. The van der Waals surface area contributed by atoms with Gasteiger partial charge >= 0.3 is 0 Å². The molecule has 3 heterocycles. The lowest BCUT2D eigenvalue weighted by Gasteiger charge is -2.25. The second-order valence-electron chi connectivity index (χ2n) is 7.08. The van der Waals surface area contributed by atoms with Crippen molar-refractivity contribution in [3.05, 3.63) is 55.1 Å². The van der Waals surface area contributed by atoms with Crippen LogP contribution in [0.15, 0.2) is 55.1 Å². The third kappa shape index (κ3) is 4.44. The minimum absolute atomic E-state index is 0.535. The number of rotatable bonds is 8. The molecule has 4 aromatic rings. The Kier molecular flexibility index (Phi) is 5.99. The molecule has 3 aromatic heterocycles. The Hall–Kier alpha value is -3.65. The molecule has 0 N–H and O–H groups in total. The van der Waals surface area contributed by atoms with Gasteiger partial charge < -0.3 is 19.1 Å². The average molecular weight is 419 g/mol. The van der Waals surface area contributed by atoms with Gasteiger partial charge in [-0.05, 0) is 12.1 Å². The molecular formula is C23H25N5O3. The molecule has 1 aromatic carbocycles. The van der Waals surface area contributed by atoms with Crippen LogP contribution in [0, 0.1) is 0 Å². The van der Waals surface area contributed by atoms with Crippen LogP contribution in [0.1, 0.15) is 0 Å². The molecule has 0 aliphatic carbocycles. The van der Waals surface area contributed by atoms with Crippen molar-refractivity contribution in [3.63, 3.8) is 0 Å². The van der Waals surface area contributed by atoms with Gasteiger partial charge in [0.25, 0.3) is 0 Å². The molecule has 0 radical (unpaired) electrons. The number of ether oxygens (including phenoxy) is 3. The van der Waals surface area contributed by atoms with Crippen LogP contribution in [-0.4, -0.2) is 54.2 Å². The first-order valence-electron chi connectivity index (χ1n) is 9.85. The molecule has 31 heavy (non-hydrogen) atoms. The van der Waals surface area contributed by atoms with Crippen LogP contribution in [0.2, 0.25) is 0 Å². The Bertz CT molecular complexity index is 1170. The third-order valence-electron chi connectivity index (χ3n) is 5.03. The zero-order valence-corrected chi connectivity index (χ0v) is 18.1. The molecule has 8 heteroatoms. The molecule has 0 aliphatic heterocycles. The van der Waals surface area contributed by atoms with E-state index in [0.717, 1.165) is 33.5 Å². The standard InChI is InChI=1S/C23H25N5O3/c1-27-15-18(13-26-27)17-7-16-8-23(25-14-22(16)24-12-17)28(5-6-29-2)19-9-20(30-3)11-21(10-19)31-4/h7-15H,5-6H2,1-4H3. The Balaban J connectivity index is 1.78. The van der Waals surface area contributed by atoms with Crippen molar-refractivity contribution in [1.29, 1.82) is 0 Å². The summed E-state index contributed by atoms with van der Waals surface area (Å²) in [5, 5.41) is 5.25. The van der Waals surface area contributed by atoms with Gasteiger partial charge in [-0.3, -0.25) is 9.67 Å². The molecule has 0 amide bonds. The van der Waals surface area contributed by atoms with Gasteiger partial charge in [-0.15, -0.1) is 0 Å². The van der Waals surface area contributed by atoms with Crippen molar-refractivity contribution < 1.29 is 14.2 Å². The van der Waals surface area contributed by atoms with E-state index < -0.39 is 0 Å². The predicted molar refractivity (Wildman–Crippen MR) is 120 cm³/mol. The molecule has 0 unspecified atom stereocenters. The summed E-state index contributed by atoms with van der Waals surface area (Å²) in [7, 11) is 6.86. The summed E-state index contributed by atoms with van der Waals surface area (Å²) in [6.07, 6.45) is 7.43. The number of aryl methyl sites for hydroxylation is 1. The fraction of sp³-hybridized carbons (Fsp3) is 0.261. The first-order chi connectivity index (χ1) is 15.1. The summed E-state index contributed by atoms with van der Waals surface area (Å²) in [4.78, 5) is 11.3. The van der Waals surface area contributed by atoms with Crippen LogP contribution < -0.4 is 14.4 Å². The second kappa shape index (κ2) is 9.01. The van der Waals surface area contributed by atoms with Crippen LogP contribution in [0.4, 0.5) is 11.5 Å². The van der Waals surface area contributed by atoms with Gasteiger partial charge in [0.2, 0.25) is 0 Å². The Morgan fingerprint density at radius 2 is 1.65 bits per heavy atom. The highest BCUT2D eigenvalue weighted by Gasteiger charge is 2.15. The predicted octanol–water partition coefficient (Wildman–Crippen LogP) is 3.83. The van der Waals surface area contributed by atoms with Crippen LogP contribution in [0.25, 0.3) is 22.0 Å². The molecule has 0 spiro atoms. The maximum absolute atomic E-state index is 5.45. The molecule has 160 valence electrons. The van der Waals surface area contributed by atoms with Gasteiger partial charge in [0.1, 0.15) is 17.3 Å². The van der Waals surface area contributed by atoms with Crippen LogP contribution in [0.3, 0.4) is 0 Å². The van der Waals surface area contributed by atoms with Crippen LogP contribution in [-0.2, 0) is 11.8 Å². The van der Waals surface area contributed by atoms with E-state index in [-0.39, 0.29) is 0 Å². The van der Waals surface area contributed by atoms with Crippen molar-refractivity contribution in [2.24, 2.45) is 7.05 Å². The molecule has 0 aliphatic rings. The molecule has 4 rings (SSSR count). The first kappa shape index (κ1) is 20.6. The lowest BCUT2D eigenvalue weighted by molar-refractivity contribution is 0.207. The zero-order chi connectivity index (χ0) is 21.8. The topological polar surface area (TPSA) is 74.5 Å². The average Bonchev–Trinajstić information content (AvgIpc) is 3.24. The highest BCUT2D eigenvalue weighted by molar-refractivity contribution is 5.85. The van der Waals surface area contributed by atoms with Gasteiger partial charge in [0.05, 0.1) is 38.7 Å². The molecule has 0 atom stereocenters. The van der Waals surface area contributed by atoms with Gasteiger partial charge in [0, 0.05) is 73.5 Å². The van der Waals surface area contributed by atoms with E-state index in [1.807, 2.05) is 49.9 Å². The largest absolute Gasteiger partial charge is 0.497 e. The number of methoxy groups -OCH3 is 3. The molecule has 0 bridgehead atoms. The van der Waals surface area contributed by atoms with Crippen molar-refractivity contribution in [3.8, 4) is 22.6 Å². The van der Waals surface area contributed by atoms with E-state index in [9.17, 15) is 0 Å². The highest BCUT2D eigenvalue weighted by atomic mass is 16.5. The van der Waals surface area contributed by atoms with Crippen molar-refractivity contribution in [1.82, 2.24) is 19.7 Å². The molecule has 8 nitrogen and oxygen atoms in total. The number of hydrogen-bond acceptors (Lipinski definition) is 7. The summed E-state index contributed by atoms with van der Waals surface area (Å²) in [5.41, 5.74) is 3.75. The number of pyridine rings is 2. The molecule has 0 saturated carbocycles. The minimum Gasteiger partial charge on any atom is -0.497 e. The van der Waals surface area contributed by atoms with E-state index >= 15 is 0 Å². The van der Waals surface area contributed by atoms with E-state index in [1.54, 1.807) is 32.2 Å². The number of anilines is 2. The fourth-order valence-corrected chi connectivity index (χ4v) is 3.40. The first-order valence-corrected chi connectivity index (χ1v) is 9.85. The summed E-state index contributed by atoms with van der Waals surface area (Å²) in [5.74, 6) is 2.20. The smallest absolute Gasteiger partial charge is 0.133 e. The minimum atomic E-state index is 0.535. The lowest BCUT2D eigenvalue weighted by Crippen LogP contribution is -2.23. The van der Waals surface area contributed by atoms with Gasteiger partial charge in [0.15, 0.2) is 0 Å². The normalized spacial score (nSPS) is 11.0. The summed E-state index contributed by atoms with van der Waals surface area (Å²) in [6.45, 7) is 1.15. The van der Waals surface area contributed by atoms with Crippen LogP contribution in [0.5, 0.6) is 11.5 Å². The quantitative estimate of drug-likeness (QED) is 0.430. The monoisotopic (exact) mass is 419 g/mol. The van der Waals surface area contributed by atoms with E-state index in [2.05, 4.69) is 26.0 Å². The number of benzene rings is 1. The number of hydrogen-bond donors (Lipinski definition) is 0. The third-order valence-corrected chi connectivity index (χ3v) is 5.03. The van der Waals surface area contributed by atoms with Crippen molar-refractivity contribution >= 4 is 22.4 Å². The number of fused-ring (bicyclic) bond motifs is 1. The Labute approximate surface area is 181 Å². The SMILES string of the molecule is COCCN(c1cc(OC)cc(OC)c1)c1cc2cc(-c3cnn(C)c3)cnc2cn1. The van der Waals surface area contributed by atoms with E-state index in [4.69, 9.17) is 14.2 Å². The summed E-state index contributed by atoms with van der Waals surface area (Å²) >= 11 is 0. The van der Waals surface area contributed by atoms with Gasteiger partial charge in [-0.1, -0.05) is 0 Å². The zero-order valence-electron chi connectivity index (χ0n) is 18.1. The fourth-order valence-electron chi connectivity index (χ4n) is 3.40. The maximum Gasteiger partial charge on any atom is 0.133 e. The van der Waals surface area contributed by atoms with Gasteiger partial charge in [-0.2, -0.15) is 5.10 Å². The molecular weight excluding hydrogens is 394 g/mol. The van der Waals surface area contributed by atoms with Crippen LogP contribution >= 0.6 is 0 Å². The lowest BCUT2D eigenvalue weighted by atomic mass is 10.1. The molecule has 0 saturated heterocycles. The summed E-state index contributed by atoms with van der Waals surface area (Å²) in [6, 6.07) is 9.88. The second-order valence-corrected chi connectivity index (χ2v) is 7.08. The maximum atomic E-state index is 5.45. The Morgan fingerprint density at radius 1 is 0.871 bits per heavy atom. The van der Waals surface area contributed by atoms with E-state index in [1.165, 1.54) is 0 Å². The number of aromatic nitrogens is 4. The summed E-state index contributed by atoms with van der Waals surface area (Å²) < 4.78 is 18.0.